The van der Waals surface area contributed by atoms with Crippen LogP contribution in [0.4, 0.5) is 17.1 Å². The minimum atomic E-state index is -0.191. The fraction of sp³-hybridized carbons (Fsp3) is 0.130. The number of carbonyl (C=O) groups excluding carboxylic acids is 2. The van der Waals surface area contributed by atoms with E-state index in [4.69, 9.17) is 0 Å². The molecule has 1 atom stereocenters. The Hall–Kier alpha value is -3.60. The molecule has 0 fully saturated rings. The predicted molar refractivity (Wildman–Crippen MR) is 109 cm³/mol. The van der Waals surface area contributed by atoms with Crippen LogP contribution < -0.4 is 16.0 Å². The molecule has 0 bridgehead atoms. The summed E-state index contributed by atoms with van der Waals surface area (Å²) in [6.07, 6.45) is 1.88. The molecule has 1 aliphatic carbocycles. The summed E-state index contributed by atoms with van der Waals surface area (Å²) < 4.78 is 0. The average Bonchev–Trinajstić information content (AvgIpc) is 3.05. The van der Waals surface area contributed by atoms with Crippen molar-refractivity contribution in [1.82, 2.24) is 5.32 Å². The first kappa shape index (κ1) is 16.6. The Bertz CT molecular complexity index is 1110. The highest BCUT2D eigenvalue weighted by atomic mass is 16.2. The molecule has 0 saturated heterocycles. The third kappa shape index (κ3) is 2.81. The number of carbonyl (C=O) groups is 2. The average molecular weight is 369 g/mol. The van der Waals surface area contributed by atoms with Crippen molar-refractivity contribution in [1.29, 1.82) is 0 Å². The van der Waals surface area contributed by atoms with Crippen molar-refractivity contribution in [3.05, 3.63) is 89.0 Å². The van der Waals surface area contributed by atoms with E-state index in [1.54, 1.807) is 18.2 Å². The number of hydrogen-bond acceptors (Lipinski definition) is 3. The van der Waals surface area contributed by atoms with Crippen LogP contribution in [-0.2, 0) is 6.42 Å². The minimum Gasteiger partial charge on any atom is -0.353 e. The van der Waals surface area contributed by atoms with E-state index in [9.17, 15) is 9.59 Å². The van der Waals surface area contributed by atoms with Gasteiger partial charge in [-0.15, -0.1) is 0 Å². The van der Waals surface area contributed by atoms with Crippen molar-refractivity contribution in [2.45, 2.75) is 18.9 Å². The standard InChI is InChI=1S/C23H19N3O2/c27-22(25-19-11-9-14-5-1-2-6-16(14)19)15-10-12-20-21(13-15)26-23(28)17-7-3-4-8-18(17)24-20/h1-8,10,12-13,19,24H,9,11H2,(H,25,27)(H,26,28)/t19-/m1/s1. The second kappa shape index (κ2) is 6.53. The molecule has 138 valence electrons. The summed E-state index contributed by atoms with van der Waals surface area (Å²) in [6.45, 7) is 0. The van der Waals surface area contributed by atoms with E-state index in [2.05, 4.69) is 28.1 Å². The van der Waals surface area contributed by atoms with Crippen LogP contribution >= 0.6 is 0 Å². The van der Waals surface area contributed by atoms with Gasteiger partial charge in [-0.3, -0.25) is 9.59 Å². The molecule has 3 aromatic carbocycles. The first-order valence-electron chi connectivity index (χ1n) is 9.39. The zero-order valence-corrected chi connectivity index (χ0v) is 15.2. The molecule has 0 spiro atoms. The van der Waals surface area contributed by atoms with Gasteiger partial charge in [-0.25, -0.2) is 0 Å². The molecule has 0 aromatic heterocycles. The SMILES string of the molecule is O=C(N[C@@H]1CCc2ccccc21)c1ccc2c(c1)NC(=O)c1ccccc1N2. The van der Waals surface area contributed by atoms with Crippen molar-refractivity contribution >= 4 is 28.9 Å². The number of benzene rings is 3. The van der Waals surface area contributed by atoms with Gasteiger partial charge in [0.25, 0.3) is 11.8 Å². The summed E-state index contributed by atoms with van der Waals surface area (Å²) >= 11 is 0. The van der Waals surface area contributed by atoms with Gasteiger partial charge in [0.05, 0.1) is 28.7 Å². The highest BCUT2D eigenvalue weighted by Crippen LogP contribution is 2.34. The third-order valence-corrected chi connectivity index (χ3v) is 5.41. The zero-order chi connectivity index (χ0) is 19.1. The van der Waals surface area contributed by atoms with Crippen molar-refractivity contribution in [2.75, 3.05) is 10.6 Å². The van der Waals surface area contributed by atoms with Crippen molar-refractivity contribution < 1.29 is 9.59 Å². The largest absolute Gasteiger partial charge is 0.353 e. The molecule has 3 N–H and O–H groups in total. The van der Waals surface area contributed by atoms with E-state index in [1.807, 2.05) is 36.4 Å². The van der Waals surface area contributed by atoms with Crippen LogP contribution in [0.15, 0.2) is 66.7 Å². The number of fused-ring (bicyclic) bond motifs is 3. The molecule has 3 aromatic rings. The van der Waals surface area contributed by atoms with E-state index in [0.29, 0.717) is 16.8 Å². The van der Waals surface area contributed by atoms with Crippen LogP contribution in [0.2, 0.25) is 0 Å². The lowest BCUT2D eigenvalue weighted by Crippen LogP contribution is -2.27. The molecule has 1 aliphatic heterocycles. The highest BCUT2D eigenvalue weighted by Gasteiger charge is 2.25. The maximum absolute atomic E-state index is 12.8. The van der Waals surface area contributed by atoms with Gasteiger partial charge in [0.1, 0.15) is 0 Å². The van der Waals surface area contributed by atoms with Gasteiger partial charge in [-0.05, 0) is 54.3 Å². The van der Waals surface area contributed by atoms with Crippen molar-refractivity contribution in [3.63, 3.8) is 0 Å². The number of amides is 2. The Morgan fingerprint density at radius 2 is 1.71 bits per heavy atom. The number of anilines is 3. The Kier molecular flexibility index (Phi) is 3.86. The van der Waals surface area contributed by atoms with Crippen LogP contribution in [0, 0.1) is 0 Å². The third-order valence-electron chi connectivity index (χ3n) is 5.41. The Balaban J connectivity index is 1.40. The second-order valence-electron chi connectivity index (χ2n) is 7.15. The number of nitrogens with one attached hydrogen (secondary N) is 3. The number of para-hydroxylation sites is 1. The second-order valence-corrected chi connectivity index (χ2v) is 7.15. The van der Waals surface area contributed by atoms with Crippen LogP contribution in [0.1, 0.15) is 44.3 Å². The summed E-state index contributed by atoms with van der Waals surface area (Å²) in [5.74, 6) is -0.329. The normalized spacial score (nSPS) is 16.7. The van der Waals surface area contributed by atoms with Crippen LogP contribution in [0.5, 0.6) is 0 Å². The number of aryl methyl sites for hydroxylation is 1. The lowest BCUT2D eigenvalue weighted by atomic mass is 10.1. The molecule has 0 unspecified atom stereocenters. The summed E-state index contributed by atoms with van der Waals surface area (Å²) in [7, 11) is 0. The molecule has 5 nitrogen and oxygen atoms in total. The van der Waals surface area contributed by atoms with Crippen LogP contribution in [-0.4, -0.2) is 11.8 Å². The molecule has 2 aliphatic rings. The zero-order valence-electron chi connectivity index (χ0n) is 15.2. The topological polar surface area (TPSA) is 70.2 Å². The van der Waals surface area contributed by atoms with Gasteiger partial charge in [0.2, 0.25) is 0 Å². The Labute approximate surface area is 162 Å². The summed E-state index contributed by atoms with van der Waals surface area (Å²) in [6, 6.07) is 20.9. The first-order valence-corrected chi connectivity index (χ1v) is 9.39. The van der Waals surface area contributed by atoms with Gasteiger partial charge >= 0.3 is 0 Å². The van der Waals surface area contributed by atoms with Gasteiger partial charge in [-0.1, -0.05) is 36.4 Å². The minimum absolute atomic E-state index is 0.0273. The Morgan fingerprint density at radius 3 is 2.64 bits per heavy atom. The van der Waals surface area contributed by atoms with Crippen molar-refractivity contribution in [3.8, 4) is 0 Å². The van der Waals surface area contributed by atoms with E-state index in [1.165, 1.54) is 11.1 Å². The highest BCUT2D eigenvalue weighted by molar-refractivity contribution is 6.12. The molecular weight excluding hydrogens is 350 g/mol. The van der Waals surface area contributed by atoms with Gasteiger partial charge in [0.15, 0.2) is 0 Å². The fourth-order valence-corrected chi connectivity index (χ4v) is 3.97. The number of hydrogen-bond donors (Lipinski definition) is 3. The van der Waals surface area contributed by atoms with Crippen LogP contribution in [0.3, 0.4) is 0 Å². The summed E-state index contributed by atoms with van der Waals surface area (Å²) in [5, 5.41) is 9.30. The van der Waals surface area contributed by atoms with E-state index < -0.39 is 0 Å². The van der Waals surface area contributed by atoms with Crippen LogP contribution in [0.25, 0.3) is 0 Å². The smallest absolute Gasteiger partial charge is 0.257 e. The van der Waals surface area contributed by atoms with E-state index in [-0.39, 0.29) is 17.9 Å². The predicted octanol–water partition coefficient (Wildman–Crippen LogP) is 4.41. The monoisotopic (exact) mass is 369 g/mol. The van der Waals surface area contributed by atoms with Gasteiger partial charge in [0, 0.05) is 5.56 Å². The summed E-state index contributed by atoms with van der Waals surface area (Å²) in [5.41, 5.74) is 5.70. The Morgan fingerprint density at radius 1 is 0.893 bits per heavy atom. The molecular formula is C23H19N3O2. The fourth-order valence-electron chi connectivity index (χ4n) is 3.97. The lowest BCUT2D eigenvalue weighted by Gasteiger charge is -2.15. The maximum Gasteiger partial charge on any atom is 0.257 e. The molecule has 28 heavy (non-hydrogen) atoms. The summed E-state index contributed by atoms with van der Waals surface area (Å²) in [4.78, 5) is 25.4. The molecule has 0 saturated carbocycles. The molecule has 5 rings (SSSR count). The van der Waals surface area contributed by atoms with E-state index in [0.717, 1.165) is 24.2 Å². The van der Waals surface area contributed by atoms with E-state index >= 15 is 0 Å². The van der Waals surface area contributed by atoms with Crippen molar-refractivity contribution in [2.24, 2.45) is 0 Å². The molecule has 5 heteroatoms. The van der Waals surface area contributed by atoms with Gasteiger partial charge < -0.3 is 16.0 Å². The number of rotatable bonds is 2. The molecule has 2 amide bonds. The first-order chi connectivity index (χ1) is 13.7. The molecule has 0 radical (unpaired) electrons. The molecule has 1 heterocycles. The lowest BCUT2D eigenvalue weighted by molar-refractivity contribution is 0.0935. The maximum atomic E-state index is 12.8. The quantitative estimate of drug-likeness (QED) is 0.626. The van der Waals surface area contributed by atoms with Gasteiger partial charge in [-0.2, -0.15) is 0 Å².